The molecule has 5 nitrogen and oxygen atoms in total. The molecule has 0 saturated carbocycles. The number of aromatic nitrogens is 3. The van der Waals surface area contributed by atoms with E-state index in [1.807, 2.05) is 73.1 Å². The topological polar surface area (TPSA) is 59.8 Å². The number of hydrogen-bond donors (Lipinski definition) is 1. The van der Waals surface area contributed by atoms with Crippen LogP contribution in [-0.4, -0.2) is 25.9 Å². The van der Waals surface area contributed by atoms with Crippen LogP contribution >= 0.6 is 23.4 Å². The van der Waals surface area contributed by atoms with Crippen molar-refractivity contribution in [1.82, 2.24) is 14.8 Å². The Labute approximate surface area is 155 Å². The molecule has 0 aliphatic carbocycles. The van der Waals surface area contributed by atoms with Gasteiger partial charge in [-0.1, -0.05) is 41.6 Å². The second kappa shape index (κ2) is 7.72. The largest absolute Gasteiger partial charge is 0.325 e. The average Bonchev–Trinajstić information content (AvgIpc) is 2.97. The highest BCUT2D eigenvalue weighted by Crippen LogP contribution is 2.26. The Morgan fingerprint density at radius 1 is 1.12 bits per heavy atom. The van der Waals surface area contributed by atoms with Crippen molar-refractivity contribution in [3.63, 3.8) is 0 Å². The number of nitrogens with zero attached hydrogens (tertiary/aromatic N) is 3. The molecular weight excluding hydrogens is 356 g/mol. The standard InChI is InChI=1S/C18H17ClN4OS/c1-12(17(24)20-15-6-4-3-5-7-15)25-18-22-21-16(23(18)2)13-8-10-14(19)11-9-13/h3-12H,1-2H3,(H,20,24). The minimum absolute atomic E-state index is 0.0766. The molecule has 3 rings (SSSR count). The highest BCUT2D eigenvalue weighted by Gasteiger charge is 2.19. The van der Waals surface area contributed by atoms with Crippen LogP contribution in [-0.2, 0) is 11.8 Å². The third-order valence-corrected chi connectivity index (χ3v) is 5.02. The summed E-state index contributed by atoms with van der Waals surface area (Å²) >= 11 is 7.29. The van der Waals surface area contributed by atoms with Crippen LogP contribution in [0.5, 0.6) is 0 Å². The van der Waals surface area contributed by atoms with Gasteiger partial charge in [-0.2, -0.15) is 0 Å². The molecule has 0 aliphatic rings. The first kappa shape index (κ1) is 17.5. The van der Waals surface area contributed by atoms with E-state index < -0.39 is 0 Å². The van der Waals surface area contributed by atoms with Gasteiger partial charge < -0.3 is 9.88 Å². The van der Waals surface area contributed by atoms with E-state index in [0.29, 0.717) is 10.2 Å². The van der Waals surface area contributed by atoms with Gasteiger partial charge in [0.25, 0.3) is 0 Å². The second-order valence-corrected chi connectivity index (χ2v) is 7.23. The number of para-hydroxylation sites is 1. The van der Waals surface area contributed by atoms with Gasteiger partial charge in [-0.25, -0.2) is 0 Å². The average molecular weight is 373 g/mol. The number of nitrogens with one attached hydrogen (secondary N) is 1. The van der Waals surface area contributed by atoms with E-state index in [9.17, 15) is 4.79 Å². The van der Waals surface area contributed by atoms with Crippen molar-refractivity contribution in [2.75, 3.05) is 5.32 Å². The van der Waals surface area contributed by atoms with Crippen molar-refractivity contribution in [2.24, 2.45) is 7.05 Å². The summed E-state index contributed by atoms with van der Waals surface area (Å²) in [7, 11) is 1.88. The molecule has 0 spiro atoms. The van der Waals surface area contributed by atoms with E-state index in [1.54, 1.807) is 0 Å². The zero-order valence-corrected chi connectivity index (χ0v) is 15.4. The number of halogens is 1. The number of anilines is 1. The van der Waals surface area contributed by atoms with Gasteiger partial charge >= 0.3 is 0 Å². The molecule has 3 aromatic rings. The van der Waals surface area contributed by atoms with Gasteiger partial charge in [-0.3, -0.25) is 4.79 Å². The lowest BCUT2D eigenvalue weighted by Gasteiger charge is -2.11. The van der Waals surface area contributed by atoms with Gasteiger partial charge in [0.2, 0.25) is 5.91 Å². The Bertz CT molecular complexity index is 865. The zero-order chi connectivity index (χ0) is 17.8. The fourth-order valence-corrected chi connectivity index (χ4v) is 3.19. The first-order valence-corrected chi connectivity index (χ1v) is 8.98. The van der Waals surface area contributed by atoms with Crippen molar-refractivity contribution >= 4 is 35.0 Å². The molecule has 25 heavy (non-hydrogen) atoms. The number of rotatable bonds is 5. The monoisotopic (exact) mass is 372 g/mol. The number of benzene rings is 2. The molecule has 0 radical (unpaired) electrons. The molecule has 2 aromatic carbocycles. The number of carbonyl (C=O) groups is 1. The lowest BCUT2D eigenvalue weighted by molar-refractivity contribution is -0.115. The third-order valence-electron chi connectivity index (χ3n) is 3.63. The van der Waals surface area contributed by atoms with Crippen molar-refractivity contribution in [2.45, 2.75) is 17.3 Å². The maximum atomic E-state index is 12.3. The van der Waals surface area contributed by atoms with E-state index in [2.05, 4.69) is 15.5 Å². The van der Waals surface area contributed by atoms with E-state index in [0.717, 1.165) is 17.1 Å². The predicted octanol–water partition coefficient (Wildman–Crippen LogP) is 4.25. The van der Waals surface area contributed by atoms with Crippen LogP contribution in [0.25, 0.3) is 11.4 Å². The summed E-state index contributed by atoms with van der Waals surface area (Å²) in [5.74, 6) is 0.655. The SMILES string of the molecule is CC(Sc1nnc(-c2ccc(Cl)cc2)n1C)C(=O)Nc1ccccc1. The number of amides is 1. The van der Waals surface area contributed by atoms with Crippen molar-refractivity contribution < 1.29 is 4.79 Å². The Kier molecular flexibility index (Phi) is 5.40. The van der Waals surface area contributed by atoms with Gasteiger partial charge in [0.05, 0.1) is 5.25 Å². The van der Waals surface area contributed by atoms with Crippen LogP contribution in [0.15, 0.2) is 59.8 Å². The molecule has 1 N–H and O–H groups in total. The fourth-order valence-electron chi connectivity index (χ4n) is 2.24. The van der Waals surface area contributed by atoms with Gasteiger partial charge in [0.1, 0.15) is 0 Å². The van der Waals surface area contributed by atoms with E-state index in [-0.39, 0.29) is 11.2 Å². The molecule has 1 heterocycles. The molecule has 1 atom stereocenters. The molecule has 0 aliphatic heterocycles. The lowest BCUT2D eigenvalue weighted by Crippen LogP contribution is -2.22. The maximum absolute atomic E-state index is 12.3. The van der Waals surface area contributed by atoms with Crippen LogP contribution in [0.1, 0.15) is 6.92 Å². The minimum Gasteiger partial charge on any atom is -0.325 e. The fraction of sp³-hybridized carbons (Fsp3) is 0.167. The lowest BCUT2D eigenvalue weighted by atomic mass is 10.2. The number of hydrogen-bond acceptors (Lipinski definition) is 4. The van der Waals surface area contributed by atoms with Crippen molar-refractivity contribution in [3.8, 4) is 11.4 Å². The maximum Gasteiger partial charge on any atom is 0.237 e. The molecule has 0 bridgehead atoms. The van der Waals surface area contributed by atoms with Gasteiger partial charge in [0, 0.05) is 23.3 Å². The van der Waals surface area contributed by atoms with Crippen LogP contribution in [0, 0.1) is 0 Å². The molecule has 1 unspecified atom stereocenters. The number of thioether (sulfide) groups is 1. The zero-order valence-electron chi connectivity index (χ0n) is 13.8. The summed E-state index contributed by atoms with van der Waals surface area (Å²) in [5, 5.41) is 12.4. The molecule has 0 fully saturated rings. The summed E-state index contributed by atoms with van der Waals surface area (Å²) in [6.07, 6.45) is 0. The smallest absolute Gasteiger partial charge is 0.237 e. The van der Waals surface area contributed by atoms with E-state index >= 15 is 0 Å². The molecule has 128 valence electrons. The van der Waals surface area contributed by atoms with Gasteiger partial charge in [-0.05, 0) is 43.3 Å². The molecular formula is C18H17ClN4OS. The minimum atomic E-state index is -0.304. The first-order chi connectivity index (χ1) is 12.0. The summed E-state index contributed by atoms with van der Waals surface area (Å²) in [6.45, 7) is 1.85. The highest BCUT2D eigenvalue weighted by atomic mass is 35.5. The van der Waals surface area contributed by atoms with Crippen molar-refractivity contribution in [1.29, 1.82) is 0 Å². The summed E-state index contributed by atoms with van der Waals surface area (Å²) in [4.78, 5) is 12.3. The summed E-state index contributed by atoms with van der Waals surface area (Å²) < 4.78 is 1.88. The van der Waals surface area contributed by atoms with Crippen molar-refractivity contribution in [3.05, 3.63) is 59.6 Å². The quantitative estimate of drug-likeness (QED) is 0.680. The normalized spacial score (nSPS) is 12.0. The van der Waals surface area contributed by atoms with Crippen LogP contribution < -0.4 is 5.32 Å². The Hall–Kier alpha value is -2.31. The van der Waals surface area contributed by atoms with Crippen LogP contribution in [0.3, 0.4) is 0 Å². The van der Waals surface area contributed by atoms with Crippen LogP contribution in [0.4, 0.5) is 5.69 Å². The molecule has 1 aromatic heterocycles. The first-order valence-electron chi connectivity index (χ1n) is 7.72. The van der Waals surface area contributed by atoms with E-state index in [1.165, 1.54) is 11.8 Å². The van der Waals surface area contributed by atoms with Crippen LogP contribution in [0.2, 0.25) is 5.02 Å². The molecule has 7 heteroatoms. The number of carbonyl (C=O) groups excluding carboxylic acids is 1. The predicted molar refractivity (Wildman–Crippen MR) is 102 cm³/mol. The van der Waals surface area contributed by atoms with Gasteiger partial charge in [0.15, 0.2) is 11.0 Å². The third kappa shape index (κ3) is 4.21. The summed E-state index contributed by atoms with van der Waals surface area (Å²) in [5.41, 5.74) is 1.70. The Morgan fingerprint density at radius 2 is 1.80 bits per heavy atom. The summed E-state index contributed by atoms with van der Waals surface area (Å²) in [6, 6.07) is 16.8. The Balaban J connectivity index is 1.70. The highest BCUT2D eigenvalue weighted by molar-refractivity contribution is 8.00. The van der Waals surface area contributed by atoms with Gasteiger partial charge in [-0.15, -0.1) is 10.2 Å². The molecule has 1 amide bonds. The second-order valence-electron chi connectivity index (χ2n) is 5.49. The Morgan fingerprint density at radius 3 is 2.48 bits per heavy atom. The molecule has 0 saturated heterocycles. The van der Waals surface area contributed by atoms with E-state index in [4.69, 9.17) is 11.6 Å².